The van der Waals surface area contributed by atoms with E-state index in [2.05, 4.69) is 53.2 Å². The lowest BCUT2D eigenvalue weighted by Gasteiger charge is -2.43. The molecule has 2 amide bonds. The molecule has 10 heteroatoms. The number of amides is 2. The number of carbonyl (C=O) groups excluding carboxylic acids is 2. The van der Waals surface area contributed by atoms with Crippen LogP contribution in [0.15, 0.2) is 18.2 Å². The van der Waals surface area contributed by atoms with Gasteiger partial charge in [-0.25, -0.2) is 4.98 Å². The lowest BCUT2D eigenvalue weighted by atomic mass is 9.90. The van der Waals surface area contributed by atoms with Gasteiger partial charge in [-0.05, 0) is 91.1 Å². The maximum atomic E-state index is 13.1. The maximum absolute atomic E-state index is 13.1. The maximum Gasteiger partial charge on any atom is 0.251 e. The number of aryl methyl sites for hydroxylation is 1. The van der Waals surface area contributed by atoms with Crippen molar-refractivity contribution in [3.63, 3.8) is 0 Å². The second-order valence-corrected chi connectivity index (χ2v) is 11.6. The minimum absolute atomic E-state index is 0.0496. The van der Waals surface area contributed by atoms with E-state index in [9.17, 15) is 9.59 Å². The Balaban J connectivity index is 1.50. The van der Waals surface area contributed by atoms with Crippen molar-refractivity contribution in [3.05, 3.63) is 29.5 Å². The van der Waals surface area contributed by atoms with E-state index in [0.29, 0.717) is 41.1 Å². The van der Waals surface area contributed by atoms with Gasteiger partial charge in [-0.2, -0.15) is 4.98 Å². The average molecular weight is 566 g/mol. The molecule has 2 heterocycles. The van der Waals surface area contributed by atoms with Gasteiger partial charge in [0.1, 0.15) is 17.5 Å². The summed E-state index contributed by atoms with van der Waals surface area (Å²) in [5.74, 6) is 1.63. The van der Waals surface area contributed by atoms with Crippen molar-refractivity contribution in [1.29, 1.82) is 0 Å². The molecule has 2 N–H and O–H groups in total. The van der Waals surface area contributed by atoms with Crippen molar-refractivity contribution in [3.8, 4) is 5.75 Å². The van der Waals surface area contributed by atoms with Gasteiger partial charge in [-0.1, -0.05) is 13.8 Å². The third-order valence-corrected chi connectivity index (χ3v) is 8.46. The molecule has 0 radical (unpaired) electrons. The predicted octanol–water partition coefficient (Wildman–Crippen LogP) is 4.89. The van der Waals surface area contributed by atoms with Crippen LogP contribution in [0.5, 0.6) is 5.75 Å². The first-order chi connectivity index (χ1) is 19.6. The van der Waals surface area contributed by atoms with E-state index >= 15 is 0 Å². The van der Waals surface area contributed by atoms with Gasteiger partial charge in [0.15, 0.2) is 5.82 Å². The number of nitrogens with one attached hydrogen (secondary N) is 2. The molecular formula is C31H47N7O3. The lowest BCUT2D eigenvalue weighted by molar-refractivity contribution is -0.120. The third-order valence-electron chi connectivity index (χ3n) is 8.46. The molecule has 4 rings (SSSR count). The van der Waals surface area contributed by atoms with Gasteiger partial charge >= 0.3 is 0 Å². The zero-order valence-corrected chi connectivity index (χ0v) is 26.0. The van der Waals surface area contributed by atoms with Crippen LogP contribution in [0.3, 0.4) is 0 Å². The first-order valence-corrected chi connectivity index (χ1v) is 15.0. The largest absolute Gasteiger partial charge is 0.495 e. The number of nitrogens with zero attached hydrogens (tertiary/aromatic N) is 5. The summed E-state index contributed by atoms with van der Waals surface area (Å²) in [5.41, 5.74) is 2.64. The molecule has 0 spiro atoms. The highest BCUT2D eigenvalue weighted by Gasteiger charge is 2.39. The summed E-state index contributed by atoms with van der Waals surface area (Å²) in [7, 11) is 5.57. The van der Waals surface area contributed by atoms with Gasteiger partial charge in [0, 0.05) is 30.7 Å². The van der Waals surface area contributed by atoms with Crippen LogP contribution in [0.4, 0.5) is 23.1 Å². The van der Waals surface area contributed by atoms with Crippen molar-refractivity contribution in [2.24, 2.45) is 0 Å². The molecule has 1 aromatic carbocycles. The van der Waals surface area contributed by atoms with Gasteiger partial charge in [0.2, 0.25) is 11.9 Å². The van der Waals surface area contributed by atoms with Crippen LogP contribution in [-0.2, 0) is 4.79 Å². The van der Waals surface area contributed by atoms with Crippen LogP contribution in [-0.4, -0.2) is 78.6 Å². The second kappa shape index (κ2) is 13.1. The summed E-state index contributed by atoms with van der Waals surface area (Å²) < 4.78 is 5.66. The summed E-state index contributed by atoms with van der Waals surface area (Å²) >= 11 is 0. The Morgan fingerprint density at radius 1 is 1.17 bits per heavy atom. The van der Waals surface area contributed by atoms with E-state index in [1.165, 1.54) is 0 Å². The Morgan fingerprint density at radius 3 is 2.49 bits per heavy atom. The predicted molar refractivity (Wildman–Crippen MR) is 165 cm³/mol. The SMILES string of the molecule is CCCN(C)[C@H]1CC[C@H](NC(=O)c2ccc(Nc3nc(C)c4c(n3)N(C(C)C)[C@H](CC)C(=O)N4C)c(OC)c2)CC1. The molecule has 1 atom stereocenters. The van der Waals surface area contributed by atoms with Crippen molar-refractivity contribution in [2.45, 2.75) is 97.3 Å². The number of hydrogen-bond acceptors (Lipinski definition) is 8. The number of carbonyl (C=O) groups is 2. The van der Waals surface area contributed by atoms with Crippen LogP contribution >= 0.6 is 0 Å². The molecular weight excluding hydrogens is 518 g/mol. The fourth-order valence-corrected chi connectivity index (χ4v) is 6.28. The monoisotopic (exact) mass is 565 g/mol. The zero-order valence-electron chi connectivity index (χ0n) is 26.0. The van der Waals surface area contributed by atoms with Crippen LogP contribution in [0.25, 0.3) is 0 Å². The van der Waals surface area contributed by atoms with Crippen molar-refractivity contribution in [1.82, 2.24) is 20.2 Å². The molecule has 224 valence electrons. The number of fused-ring (bicyclic) bond motifs is 1. The number of anilines is 4. The first kappa shape index (κ1) is 30.6. The Kier molecular flexibility index (Phi) is 9.73. The first-order valence-electron chi connectivity index (χ1n) is 15.0. The number of aromatic nitrogens is 2. The lowest BCUT2D eigenvalue weighted by Crippen LogP contribution is -2.55. The molecule has 1 aromatic heterocycles. The smallest absolute Gasteiger partial charge is 0.251 e. The summed E-state index contributed by atoms with van der Waals surface area (Å²) in [6.45, 7) is 11.4. The quantitative estimate of drug-likeness (QED) is 0.420. The normalized spacial score (nSPS) is 20.8. The van der Waals surface area contributed by atoms with E-state index in [-0.39, 0.29) is 29.9 Å². The van der Waals surface area contributed by atoms with Crippen LogP contribution in [0.1, 0.15) is 82.3 Å². The fraction of sp³-hybridized carbons (Fsp3) is 0.613. The molecule has 2 aliphatic rings. The van der Waals surface area contributed by atoms with E-state index < -0.39 is 0 Å². The molecule has 0 unspecified atom stereocenters. The minimum Gasteiger partial charge on any atom is -0.495 e. The van der Waals surface area contributed by atoms with E-state index in [4.69, 9.17) is 9.72 Å². The number of likely N-dealkylation sites (N-methyl/N-ethyl adjacent to an activating group) is 1. The number of ether oxygens (including phenoxy) is 1. The summed E-state index contributed by atoms with van der Waals surface area (Å²) in [5, 5.41) is 6.52. The molecule has 41 heavy (non-hydrogen) atoms. The van der Waals surface area contributed by atoms with Crippen molar-refractivity contribution < 1.29 is 14.3 Å². The van der Waals surface area contributed by atoms with Gasteiger partial charge in [0.25, 0.3) is 5.91 Å². The Hall–Kier alpha value is -3.40. The number of rotatable bonds is 10. The number of benzene rings is 1. The summed E-state index contributed by atoms with van der Waals surface area (Å²) in [6, 6.07) is 5.96. The van der Waals surface area contributed by atoms with E-state index in [1.54, 1.807) is 31.2 Å². The number of methoxy groups -OCH3 is 1. The topological polar surface area (TPSA) is 103 Å². The molecule has 0 bridgehead atoms. The van der Waals surface area contributed by atoms with Gasteiger partial charge < -0.3 is 30.1 Å². The second-order valence-electron chi connectivity index (χ2n) is 11.6. The molecule has 1 aliphatic heterocycles. The molecule has 1 fully saturated rings. The Morgan fingerprint density at radius 2 is 1.88 bits per heavy atom. The Bertz CT molecular complexity index is 1240. The van der Waals surface area contributed by atoms with Gasteiger partial charge in [0.05, 0.1) is 18.5 Å². The van der Waals surface area contributed by atoms with Crippen LogP contribution in [0, 0.1) is 6.92 Å². The van der Waals surface area contributed by atoms with Gasteiger partial charge in [-0.15, -0.1) is 0 Å². The average Bonchev–Trinajstić information content (AvgIpc) is 2.94. The van der Waals surface area contributed by atoms with Crippen LogP contribution < -0.4 is 25.2 Å². The highest BCUT2D eigenvalue weighted by molar-refractivity contribution is 6.05. The number of hydrogen-bond donors (Lipinski definition) is 2. The summed E-state index contributed by atoms with van der Waals surface area (Å²) in [4.78, 5) is 42.0. The van der Waals surface area contributed by atoms with Crippen molar-refractivity contribution >= 4 is 35.0 Å². The van der Waals surface area contributed by atoms with Crippen LogP contribution in [0.2, 0.25) is 0 Å². The molecule has 10 nitrogen and oxygen atoms in total. The minimum atomic E-state index is -0.283. The van der Waals surface area contributed by atoms with Gasteiger partial charge in [-0.3, -0.25) is 9.59 Å². The molecule has 1 saturated carbocycles. The Labute approximate surface area is 244 Å². The highest BCUT2D eigenvalue weighted by atomic mass is 16.5. The summed E-state index contributed by atoms with van der Waals surface area (Å²) in [6.07, 6.45) is 6.02. The highest BCUT2D eigenvalue weighted by Crippen LogP contribution is 2.39. The third kappa shape index (κ3) is 6.42. The van der Waals surface area contributed by atoms with E-state index in [0.717, 1.165) is 50.2 Å². The zero-order chi connectivity index (χ0) is 29.8. The fourth-order valence-electron chi connectivity index (χ4n) is 6.28. The molecule has 2 aromatic rings. The molecule has 1 aliphatic carbocycles. The van der Waals surface area contributed by atoms with E-state index in [1.807, 2.05) is 19.9 Å². The standard InChI is InChI=1S/C31H47N7O3/c1-9-17-36(6)23-14-12-22(13-15-23)33-29(39)21-11-16-24(26(18-21)41-8)34-31-32-20(5)27-28(35-31)38(19(3)4)25(10-2)30(40)37(27)7/h11,16,18-19,22-23,25H,9-10,12-15,17H2,1-8H3,(H,33,39)(H,32,34,35)/t22-,23-,25-/m1/s1. The molecule has 0 saturated heterocycles. The van der Waals surface area contributed by atoms with Crippen molar-refractivity contribution in [2.75, 3.05) is 42.9 Å².